The molecule has 3 unspecified atom stereocenters. The number of benzene rings is 1. The van der Waals surface area contributed by atoms with Crippen LogP contribution in [0.3, 0.4) is 0 Å². The Morgan fingerprint density at radius 1 is 1.21 bits per heavy atom. The lowest BCUT2D eigenvalue weighted by Crippen LogP contribution is -2.72. The minimum absolute atomic E-state index is 0.122. The molecule has 29 heavy (non-hydrogen) atoms. The molecule has 6 rings (SSSR count). The number of ketones is 1. The van der Waals surface area contributed by atoms with E-state index in [0.29, 0.717) is 13.0 Å². The van der Waals surface area contributed by atoms with Gasteiger partial charge in [-0.3, -0.25) is 9.59 Å². The molecule has 2 saturated heterocycles. The summed E-state index contributed by atoms with van der Waals surface area (Å²) in [5, 5.41) is 0. The molecule has 0 N–H and O–H groups in total. The molecule has 2 aliphatic heterocycles. The molecule has 5 heteroatoms. The number of ether oxygens (including phenoxy) is 3. The molecular formula is C24H26O5. The van der Waals surface area contributed by atoms with Crippen LogP contribution in [0.2, 0.25) is 0 Å². The van der Waals surface area contributed by atoms with Crippen LogP contribution < -0.4 is 0 Å². The van der Waals surface area contributed by atoms with Gasteiger partial charge in [-0.05, 0) is 42.9 Å². The largest absolute Gasteiger partial charge is 0.460 e. The van der Waals surface area contributed by atoms with Gasteiger partial charge in [-0.2, -0.15) is 0 Å². The zero-order valence-electron chi connectivity index (χ0n) is 17.0. The number of allylic oxidation sites excluding steroid dienone is 1. The predicted octanol–water partition coefficient (Wildman–Crippen LogP) is 3.18. The van der Waals surface area contributed by atoms with Crippen LogP contribution in [-0.4, -0.2) is 42.3 Å². The third-order valence-corrected chi connectivity index (χ3v) is 8.76. The van der Waals surface area contributed by atoms with Gasteiger partial charge >= 0.3 is 5.97 Å². The van der Waals surface area contributed by atoms with Gasteiger partial charge in [0, 0.05) is 23.7 Å². The van der Waals surface area contributed by atoms with Gasteiger partial charge in [0.15, 0.2) is 5.78 Å². The minimum Gasteiger partial charge on any atom is -0.460 e. The van der Waals surface area contributed by atoms with E-state index >= 15 is 0 Å². The Balaban J connectivity index is 1.48. The molecule has 1 aromatic rings. The molecule has 0 amide bonds. The molecule has 1 aromatic carbocycles. The van der Waals surface area contributed by atoms with Crippen LogP contribution in [0.1, 0.15) is 45.1 Å². The standard InChI is InChI=1S/C24H26O5/c1-13-9-18-23(10-16(19(23)20(13)26)15-7-5-4-6-8-15)22(3)11-17(28-14(2)25)21(29-18)24(22)12-27-24/h4-9,16-19,21H,10-12H2,1-3H3/t16?,17?,18-,19?,21-,22-,23-,24+/m1/s1. The van der Waals surface area contributed by atoms with Crippen molar-refractivity contribution in [1.82, 2.24) is 0 Å². The second kappa shape index (κ2) is 5.38. The van der Waals surface area contributed by atoms with Crippen LogP contribution >= 0.6 is 0 Å². The van der Waals surface area contributed by atoms with Crippen molar-refractivity contribution in [2.75, 3.05) is 6.61 Å². The summed E-state index contributed by atoms with van der Waals surface area (Å²) < 4.78 is 18.4. The van der Waals surface area contributed by atoms with E-state index in [1.54, 1.807) is 0 Å². The molecule has 4 fully saturated rings. The highest BCUT2D eigenvalue weighted by Gasteiger charge is 2.86. The molecule has 0 radical (unpaired) electrons. The van der Waals surface area contributed by atoms with Crippen molar-refractivity contribution in [2.45, 2.75) is 63.4 Å². The maximum absolute atomic E-state index is 13.5. The van der Waals surface area contributed by atoms with E-state index in [1.165, 1.54) is 12.5 Å². The minimum atomic E-state index is -0.442. The summed E-state index contributed by atoms with van der Waals surface area (Å²) in [4.78, 5) is 25.2. The lowest BCUT2D eigenvalue weighted by molar-refractivity contribution is -0.257. The highest BCUT2D eigenvalue weighted by Crippen LogP contribution is 2.79. The van der Waals surface area contributed by atoms with Gasteiger partial charge in [0.2, 0.25) is 0 Å². The summed E-state index contributed by atoms with van der Waals surface area (Å²) in [6, 6.07) is 10.4. The van der Waals surface area contributed by atoms with Crippen LogP contribution in [0, 0.1) is 16.7 Å². The number of carbonyl (C=O) groups is 2. The quantitative estimate of drug-likeness (QED) is 0.569. The van der Waals surface area contributed by atoms with E-state index in [1.807, 2.05) is 31.2 Å². The fourth-order valence-electron chi connectivity index (χ4n) is 7.39. The summed E-state index contributed by atoms with van der Waals surface area (Å²) in [5.74, 6) is 0.0101. The molecule has 0 aromatic heterocycles. The summed E-state index contributed by atoms with van der Waals surface area (Å²) in [5.41, 5.74) is 0.984. The van der Waals surface area contributed by atoms with Crippen LogP contribution in [0.5, 0.6) is 0 Å². The van der Waals surface area contributed by atoms with E-state index in [-0.39, 0.29) is 52.7 Å². The number of Topliss-reactive ketones (excluding diaryl/α,β-unsaturated/α-hetero) is 1. The first-order valence-electron chi connectivity index (χ1n) is 10.6. The Kier molecular flexibility index (Phi) is 3.31. The smallest absolute Gasteiger partial charge is 0.302 e. The molecule has 2 saturated carbocycles. The normalized spacial score (nSPS) is 49.0. The van der Waals surface area contributed by atoms with Crippen molar-refractivity contribution < 1.29 is 23.8 Å². The van der Waals surface area contributed by atoms with Crippen molar-refractivity contribution in [2.24, 2.45) is 16.7 Å². The summed E-state index contributed by atoms with van der Waals surface area (Å²) in [7, 11) is 0. The summed E-state index contributed by atoms with van der Waals surface area (Å²) in [6.45, 7) is 6.21. The Morgan fingerprint density at radius 2 is 1.93 bits per heavy atom. The Bertz CT molecular complexity index is 947. The third-order valence-electron chi connectivity index (χ3n) is 8.76. The number of carbonyl (C=O) groups excluding carboxylic acids is 2. The first kappa shape index (κ1) is 17.8. The second-order valence-corrected chi connectivity index (χ2v) is 9.79. The molecule has 2 bridgehead atoms. The molecule has 3 aliphatic carbocycles. The molecule has 152 valence electrons. The lowest BCUT2D eigenvalue weighted by atomic mass is 9.36. The number of hydrogen-bond acceptors (Lipinski definition) is 5. The van der Waals surface area contributed by atoms with Gasteiger partial charge in [-0.1, -0.05) is 37.3 Å². The number of rotatable bonds is 2. The molecular weight excluding hydrogens is 368 g/mol. The third kappa shape index (κ3) is 1.89. The maximum atomic E-state index is 13.5. The highest BCUT2D eigenvalue weighted by atomic mass is 16.7. The van der Waals surface area contributed by atoms with Crippen LogP contribution in [-0.2, 0) is 23.8 Å². The topological polar surface area (TPSA) is 65.1 Å². The molecule has 2 spiro atoms. The maximum Gasteiger partial charge on any atom is 0.302 e. The Hall–Kier alpha value is -1.98. The summed E-state index contributed by atoms with van der Waals surface area (Å²) in [6.07, 6.45) is 2.88. The first-order valence-corrected chi connectivity index (χ1v) is 10.6. The highest BCUT2D eigenvalue weighted by molar-refractivity contribution is 6.00. The van der Waals surface area contributed by atoms with Crippen molar-refractivity contribution >= 4 is 11.8 Å². The molecule has 8 atom stereocenters. The number of hydrogen-bond donors (Lipinski definition) is 0. The van der Waals surface area contributed by atoms with Crippen LogP contribution in [0.15, 0.2) is 42.0 Å². The Labute approximate surface area is 170 Å². The van der Waals surface area contributed by atoms with Gasteiger partial charge in [0.25, 0.3) is 0 Å². The van der Waals surface area contributed by atoms with Gasteiger partial charge in [-0.25, -0.2) is 0 Å². The second-order valence-electron chi connectivity index (χ2n) is 9.79. The first-order chi connectivity index (χ1) is 13.8. The Morgan fingerprint density at radius 3 is 2.59 bits per heavy atom. The average molecular weight is 394 g/mol. The van der Waals surface area contributed by atoms with E-state index in [4.69, 9.17) is 14.2 Å². The van der Waals surface area contributed by atoms with Crippen LogP contribution in [0.25, 0.3) is 0 Å². The van der Waals surface area contributed by atoms with Crippen molar-refractivity contribution in [1.29, 1.82) is 0 Å². The van der Waals surface area contributed by atoms with E-state index in [2.05, 4.69) is 19.1 Å². The zero-order valence-corrected chi connectivity index (χ0v) is 17.0. The monoisotopic (exact) mass is 394 g/mol. The number of epoxide rings is 1. The predicted molar refractivity (Wildman–Crippen MR) is 104 cm³/mol. The fourth-order valence-corrected chi connectivity index (χ4v) is 7.39. The van der Waals surface area contributed by atoms with Crippen molar-refractivity contribution in [3.8, 4) is 0 Å². The fraction of sp³-hybridized carbons (Fsp3) is 0.583. The van der Waals surface area contributed by atoms with Crippen molar-refractivity contribution in [3.05, 3.63) is 47.5 Å². The van der Waals surface area contributed by atoms with E-state index in [0.717, 1.165) is 12.0 Å². The average Bonchev–Trinajstić information content (AvgIpc) is 3.42. The number of esters is 1. The van der Waals surface area contributed by atoms with E-state index in [9.17, 15) is 9.59 Å². The SMILES string of the molecule is CC(=O)OC1C[C@@]2(C)[C@]3(CO3)[C@@H]1O[C@@H]1C=C(C)C(=O)C3C(c4ccccc4)C[C@]312. The van der Waals surface area contributed by atoms with Gasteiger partial charge in [0.05, 0.1) is 12.7 Å². The van der Waals surface area contributed by atoms with Crippen molar-refractivity contribution in [3.63, 3.8) is 0 Å². The lowest BCUT2D eigenvalue weighted by Gasteiger charge is -2.68. The molecule has 2 heterocycles. The van der Waals surface area contributed by atoms with Gasteiger partial charge in [0.1, 0.15) is 17.8 Å². The zero-order chi connectivity index (χ0) is 20.2. The molecule has 5 nitrogen and oxygen atoms in total. The summed E-state index contributed by atoms with van der Waals surface area (Å²) >= 11 is 0. The van der Waals surface area contributed by atoms with Crippen LogP contribution in [0.4, 0.5) is 0 Å². The van der Waals surface area contributed by atoms with E-state index < -0.39 is 5.60 Å². The van der Waals surface area contributed by atoms with Gasteiger partial charge < -0.3 is 14.2 Å². The van der Waals surface area contributed by atoms with Gasteiger partial charge in [-0.15, -0.1) is 0 Å². The molecule has 5 aliphatic rings.